The normalized spacial score (nSPS) is 23.1. The summed E-state index contributed by atoms with van der Waals surface area (Å²) < 4.78 is 25.4. The Bertz CT molecular complexity index is 1200. The minimum absolute atomic E-state index is 0.0628. The van der Waals surface area contributed by atoms with Gasteiger partial charge in [-0.15, -0.1) is 11.4 Å². The minimum Gasteiger partial charge on any atom is -0.443 e. The lowest BCUT2D eigenvalue weighted by Gasteiger charge is -2.28. The highest BCUT2D eigenvalue weighted by Crippen LogP contribution is 2.63. The molecule has 0 aromatic heterocycles. The molecule has 3 unspecified atom stereocenters. The zero-order valence-corrected chi connectivity index (χ0v) is 27.4. The van der Waals surface area contributed by atoms with Crippen molar-refractivity contribution < 1.29 is 28.2 Å². The number of nitrogens with zero attached hydrogens (tertiary/aromatic N) is 6. The van der Waals surface area contributed by atoms with Gasteiger partial charge in [-0.2, -0.15) is 5.26 Å². The maximum absolute atomic E-state index is 13.0. The highest BCUT2D eigenvalue weighted by Gasteiger charge is 2.61. The van der Waals surface area contributed by atoms with Crippen LogP contribution >= 0.6 is 18.1 Å². The van der Waals surface area contributed by atoms with E-state index in [0.717, 1.165) is 35.7 Å². The van der Waals surface area contributed by atoms with Crippen LogP contribution in [-0.4, -0.2) is 95.1 Å². The van der Waals surface area contributed by atoms with Crippen LogP contribution < -0.4 is 0 Å². The van der Waals surface area contributed by atoms with Crippen LogP contribution in [0.1, 0.15) is 54.9 Å². The fourth-order valence-electron chi connectivity index (χ4n) is 4.80. The van der Waals surface area contributed by atoms with E-state index in [2.05, 4.69) is 17.0 Å². The average Bonchev–Trinajstić information content (AvgIpc) is 3.17. The molecule has 3 amide bonds. The monoisotopic (exact) mass is 622 g/mol. The Hall–Kier alpha value is -2.99. The lowest BCUT2D eigenvalue weighted by molar-refractivity contribution is -0.151. The number of amides is 3. The van der Waals surface area contributed by atoms with Crippen molar-refractivity contribution in [3.63, 3.8) is 0 Å². The molecule has 0 N–H and O–H groups in total. The number of terminal acetylenes is 1. The molecule has 2 saturated heterocycles. The standard InChI is InChI=1S/C17H22N2O4.C11H21N4O2PS/c1-6-7-18-9-13(20)19(16(18)22)10-23-15(21)14-12(8-11(2)3)17(14,4)5;1-4-9-19-18(16,17-6-3)15-8-7-14(5-2)11(15)13-10-12/h1,8,12,14H,7,9-10H2,2-5H3;4-9H2,1-3H3. The number of urea groups is 1. The van der Waals surface area contributed by atoms with Crippen molar-refractivity contribution in [1.29, 1.82) is 5.26 Å². The molecular weight excluding hydrogens is 579 g/mol. The maximum Gasteiger partial charge on any atom is 0.355 e. The van der Waals surface area contributed by atoms with Gasteiger partial charge in [0.15, 0.2) is 6.73 Å². The number of carbonyl (C=O) groups excluding carboxylic acids is 3. The second-order valence-electron chi connectivity index (χ2n) is 10.8. The summed E-state index contributed by atoms with van der Waals surface area (Å²) in [7, 11) is 0. The third-order valence-electron chi connectivity index (χ3n) is 7.10. The fourth-order valence-corrected chi connectivity index (χ4v) is 9.28. The number of allylic oxidation sites excluding steroid dienone is 2. The van der Waals surface area contributed by atoms with Gasteiger partial charge in [0.25, 0.3) is 5.91 Å². The number of guanidine groups is 1. The second-order valence-corrected chi connectivity index (χ2v) is 15.3. The van der Waals surface area contributed by atoms with E-state index in [0.29, 0.717) is 19.1 Å². The Morgan fingerprint density at radius 2 is 1.93 bits per heavy atom. The smallest absolute Gasteiger partial charge is 0.355 e. The molecule has 232 valence electrons. The predicted octanol–water partition coefficient (Wildman–Crippen LogP) is 4.37. The van der Waals surface area contributed by atoms with Crippen LogP contribution in [0, 0.1) is 41.0 Å². The van der Waals surface area contributed by atoms with Gasteiger partial charge in [0, 0.05) is 25.4 Å². The Kier molecular flexibility index (Phi) is 13.0. The van der Waals surface area contributed by atoms with E-state index in [1.165, 1.54) is 16.3 Å². The van der Waals surface area contributed by atoms with Gasteiger partial charge in [-0.05, 0) is 56.8 Å². The number of hydrogen-bond acceptors (Lipinski definition) is 9. The van der Waals surface area contributed by atoms with Gasteiger partial charge in [0.2, 0.25) is 12.2 Å². The van der Waals surface area contributed by atoms with E-state index < -0.39 is 18.7 Å². The van der Waals surface area contributed by atoms with Crippen LogP contribution in [0.15, 0.2) is 16.6 Å². The van der Waals surface area contributed by atoms with E-state index in [4.69, 9.17) is 20.9 Å². The molecule has 3 atom stereocenters. The number of likely N-dealkylation sites (N-methyl/N-ethyl adjacent to an activating group) is 1. The minimum atomic E-state index is -2.99. The molecule has 3 fully saturated rings. The molecule has 2 aliphatic heterocycles. The largest absolute Gasteiger partial charge is 0.443 e. The van der Waals surface area contributed by atoms with Crippen LogP contribution in [0.25, 0.3) is 0 Å². The SMILES string of the molecule is C#CCN1CC(=O)N(COC(=O)C2C(C=C(C)C)C2(C)C)C1=O.CCCSP(=O)(OCC)N1CCN(CC)C1=NC#N. The lowest BCUT2D eigenvalue weighted by atomic mass is 10.1. The van der Waals surface area contributed by atoms with Gasteiger partial charge >= 0.3 is 18.7 Å². The van der Waals surface area contributed by atoms with Crippen molar-refractivity contribution in [2.24, 2.45) is 22.2 Å². The number of ether oxygens (including phenoxy) is 1. The molecule has 0 aromatic carbocycles. The van der Waals surface area contributed by atoms with E-state index >= 15 is 0 Å². The summed E-state index contributed by atoms with van der Waals surface area (Å²) in [6, 6.07) is -0.517. The first-order valence-corrected chi connectivity index (χ1v) is 17.2. The molecule has 2 heterocycles. The summed E-state index contributed by atoms with van der Waals surface area (Å²) in [5.74, 6) is 2.66. The summed E-state index contributed by atoms with van der Waals surface area (Å²) in [6.07, 6.45) is 9.94. The number of carbonyl (C=O) groups is 3. The fraction of sp³-hybridized carbons (Fsp3) is 0.679. The van der Waals surface area contributed by atoms with Crippen molar-refractivity contribution in [2.45, 2.75) is 54.9 Å². The molecule has 3 aliphatic rings. The Morgan fingerprint density at radius 1 is 1.24 bits per heavy atom. The Balaban J connectivity index is 0.000000299. The van der Waals surface area contributed by atoms with E-state index in [9.17, 15) is 18.9 Å². The second kappa shape index (κ2) is 15.5. The van der Waals surface area contributed by atoms with Crippen molar-refractivity contribution in [2.75, 3.05) is 51.8 Å². The van der Waals surface area contributed by atoms with E-state index in [-0.39, 0.29) is 43.0 Å². The van der Waals surface area contributed by atoms with Gasteiger partial charge in [0.05, 0.1) is 19.1 Å². The highest BCUT2D eigenvalue weighted by molar-refractivity contribution is 8.56. The molecule has 12 nitrogen and oxygen atoms in total. The molecule has 1 saturated carbocycles. The number of rotatable bonds is 12. The zero-order valence-electron chi connectivity index (χ0n) is 25.7. The third kappa shape index (κ3) is 8.31. The molecule has 1 aliphatic carbocycles. The van der Waals surface area contributed by atoms with Crippen molar-refractivity contribution in [3.8, 4) is 18.5 Å². The molecule has 0 radical (unpaired) electrons. The van der Waals surface area contributed by atoms with E-state index in [1.807, 2.05) is 53.4 Å². The van der Waals surface area contributed by atoms with Crippen LogP contribution in [0.2, 0.25) is 0 Å². The lowest BCUT2D eigenvalue weighted by Crippen LogP contribution is -2.36. The number of esters is 1. The number of aliphatic imine (C=N–C) groups is 1. The van der Waals surface area contributed by atoms with Gasteiger partial charge in [-0.1, -0.05) is 38.3 Å². The van der Waals surface area contributed by atoms with Crippen LogP contribution in [0.3, 0.4) is 0 Å². The molecule has 0 spiro atoms. The molecule has 42 heavy (non-hydrogen) atoms. The zero-order chi connectivity index (χ0) is 31.7. The summed E-state index contributed by atoms with van der Waals surface area (Å²) in [4.78, 5) is 43.9. The molecular formula is C28H43N6O6PS. The highest BCUT2D eigenvalue weighted by atomic mass is 32.7. The topological polar surface area (TPSA) is 136 Å². The number of nitriles is 1. The third-order valence-corrected chi connectivity index (χ3v) is 12.0. The first-order valence-electron chi connectivity index (χ1n) is 14.1. The van der Waals surface area contributed by atoms with E-state index in [1.54, 1.807) is 10.9 Å². The quantitative estimate of drug-likeness (QED) is 0.0771. The summed E-state index contributed by atoms with van der Waals surface area (Å²) in [5, 5.41) is 8.80. The first-order chi connectivity index (χ1) is 19.8. The molecule has 14 heteroatoms. The summed E-state index contributed by atoms with van der Waals surface area (Å²) in [5.41, 5.74) is 0.983. The first kappa shape index (κ1) is 35.2. The van der Waals surface area contributed by atoms with Gasteiger partial charge in [-0.25, -0.2) is 9.69 Å². The average molecular weight is 623 g/mol. The van der Waals surface area contributed by atoms with Crippen LogP contribution in [-0.2, 0) is 23.4 Å². The van der Waals surface area contributed by atoms with Crippen LogP contribution in [0.5, 0.6) is 0 Å². The molecule has 0 bridgehead atoms. The van der Waals surface area contributed by atoms with Gasteiger partial charge in [0.1, 0.15) is 6.54 Å². The van der Waals surface area contributed by atoms with Crippen molar-refractivity contribution in [1.82, 2.24) is 19.4 Å². The molecule has 0 aromatic rings. The van der Waals surface area contributed by atoms with Crippen molar-refractivity contribution in [3.05, 3.63) is 11.6 Å². The number of imide groups is 1. The Labute approximate surface area is 253 Å². The Morgan fingerprint density at radius 3 is 2.48 bits per heavy atom. The van der Waals surface area contributed by atoms with Gasteiger partial charge in [-0.3, -0.25) is 18.8 Å². The van der Waals surface area contributed by atoms with Crippen molar-refractivity contribution >= 4 is 42.0 Å². The van der Waals surface area contributed by atoms with Gasteiger partial charge < -0.3 is 19.1 Å². The van der Waals surface area contributed by atoms with Crippen LogP contribution in [0.4, 0.5) is 4.79 Å². The summed E-state index contributed by atoms with van der Waals surface area (Å²) in [6.45, 7) is 12.9. The maximum atomic E-state index is 13.0. The summed E-state index contributed by atoms with van der Waals surface area (Å²) >= 11 is 1.33. The predicted molar refractivity (Wildman–Crippen MR) is 163 cm³/mol. The number of hydrogen-bond donors (Lipinski definition) is 0. The molecule has 3 rings (SSSR count).